The van der Waals surface area contributed by atoms with E-state index >= 15 is 0 Å². The maximum atomic E-state index is 12.2. The van der Waals surface area contributed by atoms with Crippen LogP contribution >= 0.6 is 0 Å². The molecule has 3 rings (SSSR count). The summed E-state index contributed by atoms with van der Waals surface area (Å²) in [4.78, 5) is 0. The van der Waals surface area contributed by atoms with Crippen LogP contribution in [0.5, 0.6) is 0 Å². The van der Waals surface area contributed by atoms with Gasteiger partial charge in [-0.1, -0.05) is 0 Å². The zero-order valence-corrected chi connectivity index (χ0v) is 15.3. The Bertz CT molecular complexity index is 478. The molecule has 8 heteroatoms. The van der Waals surface area contributed by atoms with Crippen LogP contribution in [-0.2, 0) is 38.9 Å². The van der Waals surface area contributed by atoms with E-state index in [1.54, 1.807) is 0 Å². The van der Waals surface area contributed by atoms with E-state index < -0.39 is 47.3 Å². The van der Waals surface area contributed by atoms with Gasteiger partial charge in [0.1, 0.15) is 24.4 Å². The monoisotopic (exact) mass is 350 g/mol. The molecule has 3 saturated heterocycles. The molecule has 3 aliphatic rings. The highest BCUT2D eigenvalue weighted by Gasteiger charge is 2.59. The molecule has 3 aliphatic heterocycles. The molecule has 0 aromatic heterocycles. The van der Waals surface area contributed by atoms with Crippen LogP contribution in [0.25, 0.3) is 0 Å². The molecule has 3 fully saturated rings. The molecule has 134 valence electrons. The molecule has 0 N–H and O–H groups in total. The zero-order valence-electron chi connectivity index (χ0n) is 14.4. The third-order valence-electron chi connectivity index (χ3n) is 4.01. The Kier molecular flexibility index (Phi) is 4.63. The minimum atomic E-state index is -1.45. The molecule has 0 saturated carbocycles. The summed E-state index contributed by atoms with van der Waals surface area (Å²) >= 11 is -1.45. The van der Waals surface area contributed by atoms with Crippen molar-refractivity contribution in [1.29, 1.82) is 0 Å². The van der Waals surface area contributed by atoms with Crippen LogP contribution in [0, 0.1) is 0 Å². The Labute approximate surface area is 139 Å². The summed E-state index contributed by atoms with van der Waals surface area (Å²) in [6, 6.07) is 0. The maximum Gasteiger partial charge on any atom is 0.190 e. The van der Waals surface area contributed by atoms with Gasteiger partial charge in [-0.3, -0.25) is 4.18 Å². The fourth-order valence-electron chi connectivity index (χ4n) is 3.01. The second kappa shape index (κ2) is 6.01. The molecular weight excluding hydrogens is 324 g/mol. The van der Waals surface area contributed by atoms with Crippen LogP contribution in [0.2, 0.25) is 0 Å². The van der Waals surface area contributed by atoms with Gasteiger partial charge < -0.3 is 23.7 Å². The first-order chi connectivity index (χ1) is 10.6. The van der Waals surface area contributed by atoms with Gasteiger partial charge in [0.15, 0.2) is 28.9 Å². The average Bonchev–Trinajstić information content (AvgIpc) is 3.01. The summed E-state index contributed by atoms with van der Waals surface area (Å²) in [6.07, 6.45) is -2.31. The van der Waals surface area contributed by atoms with Gasteiger partial charge in [0.2, 0.25) is 0 Å². The van der Waals surface area contributed by atoms with Crippen LogP contribution in [-0.4, -0.2) is 58.3 Å². The molecule has 0 spiro atoms. The molecule has 6 atom stereocenters. The standard InChI is InChI=1S/C15H26O7S/c1-8(2)23(16)22-11-10(9-7-17-14(3,4)19-9)18-13-12(11)20-15(5,6)21-13/h8-13H,7H2,1-6H3/t9?,10-,11+,12-,13-,23?/m1/s1. The Morgan fingerprint density at radius 3 is 2.30 bits per heavy atom. The molecule has 0 radical (unpaired) electrons. The predicted octanol–water partition coefficient (Wildman–Crippen LogP) is 1.47. The van der Waals surface area contributed by atoms with E-state index in [-0.39, 0.29) is 11.4 Å². The van der Waals surface area contributed by atoms with Gasteiger partial charge in [-0.05, 0) is 41.5 Å². The topological polar surface area (TPSA) is 72.5 Å². The summed E-state index contributed by atoms with van der Waals surface area (Å²) in [6.45, 7) is 11.4. The third-order valence-corrected chi connectivity index (χ3v) is 5.20. The first kappa shape index (κ1) is 17.7. The second-order valence-corrected chi connectivity index (χ2v) is 8.96. The third kappa shape index (κ3) is 3.63. The van der Waals surface area contributed by atoms with E-state index in [9.17, 15) is 4.21 Å². The van der Waals surface area contributed by atoms with Crippen LogP contribution in [0.1, 0.15) is 41.5 Å². The molecule has 0 aromatic rings. The number of hydrogen-bond donors (Lipinski definition) is 0. The van der Waals surface area contributed by atoms with E-state index in [0.29, 0.717) is 6.61 Å². The van der Waals surface area contributed by atoms with Crippen molar-refractivity contribution in [2.45, 2.75) is 89.1 Å². The lowest BCUT2D eigenvalue weighted by atomic mass is 10.1. The van der Waals surface area contributed by atoms with Gasteiger partial charge in [0.05, 0.1) is 11.9 Å². The van der Waals surface area contributed by atoms with Crippen molar-refractivity contribution in [1.82, 2.24) is 0 Å². The summed E-state index contributed by atoms with van der Waals surface area (Å²) in [7, 11) is 0. The van der Waals surface area contributed by atoms with Gasteiger partial charge >= 0.3 is 0 Å². The lowest BCUT2D eigenvalue weighted by Crippen LogP contribution is -2.45. The maximum absolute atomic E-state index is 12.2. The van der Waals surface area contributed by atoms with Crippen molar-refractivity contribution >= 4 is 11.1 Å². The highest BCUT2D eigenvalue weighted by molar-refractivity contribution is 7.80. The Morgan fingerprint density at radius 1 is 1.04 bits per heavy atom. The second-order valence-electron chi connectivity index (χ2n) is 7.31. The van der Waals surface area contributed by atoms with E-state index in [4.69, 9.17) is 27.9 Å². The predicted molar refractivity (Wildman–Crippen MR) is 81.8 cm³/mol. The van der Waals surface area contributed by atoms with Gasteiger partial charge in [-0.25, -0.2) is 4.21 Å². The largest absolute Gasteiger partial charge is 0.348 e. The highest BCUT2D eigenvalue weighted by atomic mass is 32.2. The van der Waals surface area contributed by atoms with Crippen molar-refractivity contribution in [3.8, 4) is 0 Å². The van der Waals surface area contributed by atoms with Crippen LogP contribution in [0.4, 0.5) is 0 Å². The number of rotatable bonds is 4. The number of ether oxygens (including phenoxy) is 5. The molecule has 2 unspecified atom stereocenters. The Hall–Kier alpha value is -0.0900. The molecule has 23 heavy (non-hydrogen) atoms. The summed E-state index contributed by atoms with van der Waals surface area (Å²) in [5.74, 6) is -1.43. The van der Waals surface area contributed by atoms with Crippen molar-refractivity contribution in [2.75, 3.05) is 6.61 Å². The number of fused-ring (bicyclic) bond motifs is 1. The van der Waals surface area contributed by atoms with E-state index in [2.05, 4.69) is 0 Å². The minimum absolute atomic E-state index is 0.123. The van der Waals surface area contributed by atoms with E-state index in [0.717, 1.165) is 0 Å². The summed E-state index contributed by atoms with van der Waals surface area (Å²) < 4.78 is 47.1. The van der Waals surface area contributed by atoms with Gasteiger partial charge in [0.25, 0.3) is 0 Å². The molecule has 7 nitrogen and oxygen atoms in total. The van der Waals surface area contributed by atoms with Crippen molar-refractivity contribution in [3.05, 3.63) is 0 Å². The van der Waals surface area contributed by atoms with E-state index in [1.165, 1.54) is 0 Å². The minimum Gasteiger partial charge on any atom is -0.348 e. The van der Waals surface area contributed by atoms with Crippen LogP contribution in [0.15, 0.2) is 0 Å². The van der Waals surface area contributed by atoms with Crippen molar-refractivity contribution in [3.63, 3.8) is 0 Å². The molecule has 0 bridgehead atoms. The Balaban J connectivity index is 1.77. The smallest absolute Gasteiger partial charge is 0.190 e. The first-order valence-electron chi connectivity index (χ1n) is 7.98. The van der Waals surface area contributed by atoms with Crippen LogP contribution in [0.3, 0.4) is 0 Å². The Morgan fingerprint density at radius 2 is 1.74 bits per heavy atom. The first-order valence-corrected chi connectivity index (χ1v) is 9.12. The highest BCUT2D eigenvalue weighted by Crippen LogP contribution is 2.42. The number of hydrogen-bond acceptors (Lipinski definition) is 7. The zero-order chi connectivity index (χ0) is 17.0. The summed E-state index contributed by atoms with van der Waals surface area (Å²) in [5.41, 5.74) is 0. The van der Waals surface area contributed by atoms with Gasteiger partial charge in [-0.15, -0.1) is 0 Å². The van der Waals surface area contributed by atoms with Crippen molar-refractivity contribution < 1.29 is 32.1 Å². The average molecular weight is 350 g/mol. The molecule has 0 amide bonds. The lowest BCUT2D eigenvalue weighted by molar-refractivity contribution is -0.230. The quantitative estimate of drug-likeness (QED) is 0.760. The van der Waals surface area contributed by atoms with Crippen LogP contribution < -0.4 is 0 Å². The summed E-state index contributed by atoms with van der Waals surface area (Å²) in [5, 5.41) is -0.123. The molecule has 3 heterocycles. The molecule has 0 aliphatic carbocycles. The molecular formula is C15H26O7S. The van der Waals surface area contributed by atoms with Gasteiger partial charge in [0, 0.05) is 0 Å². The SMILES string of the molecule is CC(C)S(=O)O[C@@H]1[C@H]2OC(C)(C)O[C@H]2O[C@@H]1C1COC(C)(C)O1. The fraction of sp³-hybridized carbons (Fsp3) is 1.00. The normalized spacial score (nSPS) is 43.0. The lowest BCUT2D eigenvalue weighted by Gasteiger charge is -2.28. The van der Waals surface area contributed by atoms with Gasteiger partial charge in [-0.2, -0.15) is 0 Å². The van der Waals surface area contributed by atoms with Crippen molar-refractivity contribution in [2.24, 2.45) is 0 Å². The fourth-order valence-corrected chi connectivity index (χ4v) is 3.67. The van der Waals surface area contributed by atoms with E-state index in [1.807, 2.05) is 41.5 Å². The molecule has 0 aromatic carbocycles.